The van der Waals surface area contributed by atoms with E-state index in [2.05, 4.69) is 0 Å². The lowest BCUT2D eigenvalue weighted by Gasteiger charge is -2.32. The summed E-state index contributed by atoms with van der Waals surface area (Å²) < 4.78 is 27.1. The van der Waals surface area contributed by atoms with Crippen LogP contribution in [0.15, 0.2) is 15.7 Å². The van der Waals surface area contributed by atoms with Crippen molar-refractivity contribution < 1.29 is 8.42 Å². The molecule has 0 bridgehead atoms. The van der Waals surface area contributed by atoms with E-state index in [1.54, 1.807) is 15.8 Å². The Morgan fingerprint density at radius 2 is 2.06 bits per heavy atom. The van der Waals surface area contributed by atoms with E-state index in [9.17, 15) is 8.42 Å². The van der Waals surface area contributed by atoms with Gasteiger partial charge in [-0.25, -0.2) is 8.42 Å². The molecule has 18 heavy (non-hydrogen) atoms. The van der Waals surface area contributed by atoms with Crippen LogP contribution >= 0.6 is 11.3 Å². The molecule has 0 atom stereocenters. The van der Waals surface area contributed by atoms with Crippen LogP contribution in [0.5, 0.6) is 0 Å². The van der Waals surface area contributed by atoms with Gasteiger partial charge in [-0.1, -0.05) is 26.2 Å². The summed E-state index contributed by atoms with van der Waals surface area (Å²) in [5.74, 6) is 0. The molecular formula is C12H20N2O2S2. The highest BCUT2D eigenvalue weighted by atomic mass is 32.2. The summed E-state index contributed by atoms with van der Waals surface area (Å²) in [5.41, 5.74) is 6.15. The molecule has 0 saturated heterocycles. The molecule has 1 aromatic rings. The summed E-state index contributed by atoms with van der Waals surface area (Å²) >= 11 is 1.21. The average Bonchev–Trinajstić information content (AvgIpc) is 2.78. The molecule has 0 aliphatic heterocycles. The molecule has 1 aromatic heterocycles. The Balaban J connectivity index is 2.25. The maximum Gasteiger partial charge on any atom is 0.252 e. The van der Waals surface area contributed by atoms with Crippen LogP contribution in [-0.4, -0.2) is 25.3 Å². The van der Waals surface area contributed by atoms with Crippen molar-refractivity contribution in [3.63, 3.8) is 0 Å². The van der Waals surface area contributed by atoms with Gasteiger partial charge in [0.1, 0.15) is 4.21 Å². The van der Waals surface area contributed by atoms with Gasteiger partial charge in [-0.3, -0.25) is 0 Å². The summed E-state index contributed by atoms with van der Waals surface area (Å²) in [6.07, 6.45) is 5.44. The lowest BCUT2D eigenvalue weighted by molar-refractivity contribution is 0.262. The second-order valence-corrected chi connectivity index (χ2v) is 7.73. The van der Waals surface area contributed by atoms with Crippen molar-refractivity contribution in [3.05, 3.63) is 11.4 Å². The molecule has 0 radical (unpaired) electrons. The van der Waals surface area contributed by atoms with E-state index in [4.69, 9.17) is 5.73 Å². The molecule has 2 rings (SSSR count). The number of nitrogen functional groups attached to an aromatic ring is 1. The fourth-order valence-corrected chi connectivity index (χ4v) is 5.48. The van der Waals surface area contributed by atoms with E-state index < -0.39 is 10.0 Å². The number of rotatable bonds is 4. The maximum atomic E-state index is 12.6. The first-order chi connectivity index (χ1) is 8.55. The number of nitrogens with zero attached hydrogens (tertiary/aromatic N) is 1. The molecule has 102 valence electrons. The molecule has 2 N–H and O–H groups in total. The SMILES string of the molecule is CCN(C1CCCCC1)S(=O)(=O)c1cc(N)cs1. The fraction of sp³-hybridized carbons (Fsp3) is 0.667. The van der Waals surface area contributed by atoms with E-state index in [1.807, 2.05) is 6.92 Å². The second kappa shape index (κ2) is 5.59. The first kappa shape index (κ1) is 13.8. The van der Waals surface area contributed by atoms with Crippen molar-refractivity contribution >= 4 is 27.0 Å². The summed E-state index contributed by atoms with van der Waals surface area (Å²) in [6, 6.07) is 1.72. The highest BCUT2D eigenvalue weighted by Crippen LogP contribution is 2.30. The van der Waals surface area contributed by atoms with Crippen LogP contribution < -0.4 is 5.73 Å². The number of nitrogens with two attached hydrogens (primary N) is 1. The van der Waals surface area contributed by atoms with Crippen molar-refractivity contribution in [1.82, 2.24) is 4.31 Å². The molecule has 0 aromatic carbocycles. The normalized spacial score (nSPS) is 18.3. The highest BCUT2D eigenvalue weighted by Gasteiger charge is 2.31. The van der Waals surface area contributed by atoms with Crippen LogP contribution in [0, 0.1) is 0 Å². The standard InChI is InChI=1S/C12H20N2O2S2/c1-2-14(11-6-4-3-5-7-11)18(15,16)12-8-10(13)9-17-12/h8-9,11H,2-7,13H2,1H3. The summed E-state index contributed by atoms with van der Waals surface area (Å²) in [6.45, 7) is 2.44. The fourth-order valence-electron chi connectivity index (χ4n) is 2.57. The van der Waals surface area contributed by atoms with Gasteiger partial charge < -0.3 is 5.73 Å². The van der Waals surface area contributed by atoms with Gasteiger partial charge in [-0.05, 0) is 18.9 Å². The molecule has 1 fully saturated rings. The lowest BCUT2D eigenvalue weighted by Crippen LogP contribution is -2.40. The van der Waals surface area contributed by atoms with Gasteiger partial charge in [-0.15, -0.1) is 11.3 Å². The van der Waals surface area contributed by atoms with Crippen LogP contribution in [0.4, 0.5) is 5.69 Å². The average molecular weight is 288 g/mol. The number of thiophene rings is 1. The van der Waals surface area contributed by atoms with Gasteiger partial charge >= 0.3 is 0 Å². The minimum absolute atomic E-state index is 0.164. The topological polar surface area (TPSA) is 63.4 Å². The Hall–Kier alpha value is -0.590. The van der Waals surface area contributed by atoms with Crippen molar-refractivity contribution in [1.29, 1.82) is 0 Å². The van der Waals surface area contributed by atoms with Crippen molar-refractivity contribution in [2.75, 3.05) is 12.3 Å². The first-order valence-electron chi connectivity index (χ1n) is 6.41. The molecule has 0 unspecified atom stereocenters. The second-order valence-electron chi connectivity index (χ2n) is 4.70. The minimum Gasteiger partial charge on any atom is -0.398 e. The summed E-state index contributed by atoms with van der Waals surface area (Å²) in [5, 5.41) is 1.68. The Kier molecular flexibility index (Phi) is 4.29. The Morgan fingerprint density at radius 1 is 1.39 bits per heavy atom. The zero-order valence-electron chi connectivity index (χ0n) is 10.6. The number of sulfonamides is 1. The zero-order chi connectivity index (χ0) is 13.2. The van der Waals surface area contributed by atoms with Crippen molar-refractivity contribution in [2.24, 2.45) is 0 Å². The van der Waals surface area contributed by atoms with Crippen LogP contribution in [0.2, 0.25) is 0 Å². The van der Waals surface area contributed by atoms with Crippen LogP contribution in [-0.2, 0) is 10.0 Å². The largest absolute Gasteiger partial charge is 0.398 e. The molecule has 4 nitrogen and oxygen atoms in total. The van der Waals surface area contributed by atoms with E-state index in [0.717, 1.165) is 25.7 Å². The van der Waals surface area contributed by atoms with Crippen LogP contribution in [0.3, 0.4) is 0 Å². The number of anilines is 1. The predicted molar refractivity (Wildman–Crippen MR) is 75.2 cm³/mol. The quantitative estimate of drug-likeness (QED) is 0.926. The van der Waals surface area contributed by atoms with E-state index in [0.29, 0.717) is 16.4 Å². The molecule has 1 heterocycles. The van der Waals surface area contributed by atoms with Gasteiger partial charge in [-0.2, -0.15) is 4.31 Å². The van der Waals surface area contributed by atoms with E-state index in [-0.39, 0.29) is 6.04 Å². The smallest absolute Gasteiger partial charge is 0.252 e. The number of hydrogen-bond donors (Lipinski definition) is 1. The molecule has 0 amide bonds. The molecule has 1 aliphatic carbocycles. The zero-order valence-corrected chi connectivity index (χ0v) is 12.3. The molecule has 1 saturated carbocycles. The van der Waals surface area contributed by atoms with Gasteiger partial charge in [0.25, 0.3) is 10.0 Å². The Morgan fingerprint density at radius 3 is 2.56 bits per heavy atom. The van der Waals surface area contributed by atoms with Crippen LogP contribution in [0.1, 0.15) is 39.0 Å². The maximum absolute atomic E-state index is 12.6. The third-order valence-corrected chi connectivity index (χ3v) is 6.91. The van der Waals surface area contributed by atoms with E-state index >= 15 is 0 Å². The summed E-state index contributed by atoms with van der Waals surface area (Å²) in [7, 11) is -3.36. The van der Waals surface area contributed by atoms with Gasteiger partial charge in [0, 0.05) is 23.7 Å². The van der Waals surface area contributed by atoms with Gasteiger partial charge in [0.15, 0.2) is 0 Å². The van der Waals surface area contributed by atoms with E-state index in [1.165, 1.54) is 17.8 Å². The first-order valence-corrected chi connectivity index (χ1v) is 8.73. The van der Waals surface area contributed by atoms with Gasteiger partial charge in [0.2, 0.25) is 0 Å². The monoisotopic (exact) mass is 288 g/mol. The molecular weight excluding hydrogens is 268 g/mol. The third-order valence-electron chi connectivity index (χ3n) is 3.45. The molecule has 0 spiro atoms. The Bertz CT molecular complexity index is 490. The number of hydrogen-bond acceptors (Lipinski definition) is 4. The molecule has 6 heteroatoms. The third kappa shape index (κ3) is 2.70. The van der Waals surface area contributed by atoms with Gasteiger partial charge in [0.05, 0.1) is 0 Å². The predicted octanol–water partition coefficient (Wildman–Crippen LogP) is 2.67. The Labute approximate surface area is 113 Å². The minimum atomic E-state index is -3.36. The lowest BCUT2D eigenvalue weighted by atomic mass is 9.95. The van der Waals surface area contributed by atoms with Crippen molar-refractivity contribution in [3.8, 4) is 0 Å². The van der Waals surface area contributed by atoms with Crippen molar-refractivity contribution in [2.45, 2.75) is 49.3 Å². The van der Waals surface area contributed by atoms with Crippen LogP contribution in [0.25, 0.3) is 0 Å². The summed E-state index contributed by atoms with van der Waals surface area (Å²) in [4.78, 5) is 0. The molecule has 1 aliphatic rings. The highest BCUT2D eigenvalue weighted by molar-refractivity contribution is 7.91.